The fourth-order valence-corrected chi connectivity index (χ4v) is 2.50. The number of ketones is 1. The van der Waals surface area contributed by atoms with Gasteiger partial charge in [-0.05, 0) is 37.0 Å². The van der Waals surface area contributed by atoms with E-state index in [1.807, 2.05) is 30.3 Å². The highest BCUT2D eigenvalue weighted by Gasteiger charge is 2.26. The molecule has 0 aromatic heterocycles. The van der Waals surface area contributed by atoms with Crippen molar-refractivity contribution < 1.29 is 19.7 Å². The lowest BCUT2D eigenvalue weighted by Gasteiger charge is -2.18. The van der Waals surface area contributed by atoms with Crippen LogP contribution in [-0.4, -0.2) is 35.3 Å². The predicted octanol–water partition coefficient (Wildman–Crippen LogP) is 2.62. The molecule has 0 aliphatic heterocycles. The second kappa shape index (κ2) is 8.46. The second-order valence-corrected chi connectivity index (χ2v) is 5.45. The van der Waals surface area contributed by atoms with Crippen LogP contribution in [0.25, 0.3) is 0 Å². The molecule has 0 aliphatic rings. The molecule has 4 nitrogen and oxygen atoms in total. The van der Waals surface area contributed by atoms with Gasteiger partial charge < -0.3 is 14.9 Å². The van der Waals surface area contributed by atoms with E-state index in [0.717, 1.165) is 6.42 Å². The number of hydrogen-bond donors (Lipinski definition) is 2. The van der Waals surface area contributed by atoms with Crippen LogP contribution in [0.1, 0.15) is 28.8 Å². The monoisotopic (exact) mass is 314 g/mol. The molecule has 0 unspecified atom stereocenters. The van der Waals surface area contributed by atoms with Crippen LogP contribution in [0.5, 0.6) is 5.75 Å². The van der Waals surface area contributed by atoms with Gasteiger partial charge in [-0.25, -0.2) is 0 Å². The lowest BCUT2D eigenvalue weighted by molar-refractivity contribution is 0.0169. The molecule has 0 radical (unpaired) electrons. The second-order valence-electron chi connectivity index (χ2n) is 5.45. The molecule has 2 aromatic rings. The molecule has 122 valence electrons. The van der Waals surface area contributed by atoms with E-state index in [0.29, 0.717) is 18.6 Å². The van der Waals surface area contributed by atoms with Crippen LogP contribution in [0.15, 0.2) is 54.6 Å². The van der Waals surface area contributed by atoms with Gasteiger partial charge in [0.05, 0.1) is 18.8 Å². The number of benzene rings is 2. The van der Waals surface area contributed by atoms with Crippen LogP contribution in [0.4, 0.5) is 0 Å². The average Bonchev–Trinajstić information content (AvgIpc) is 2.61. The van der Waals surface area contributed by atoms with Crippen LogP contribution >= 0.6 is 0 Å². The van der Waals surface area contributed by atoms with E-state index < -0.39 is 18.0 Å². The molecular weight excluding hydrogens is 292 g/mol. The van der Waals surface area contributed by atoms with Gasteiger partial charge in [-0.2, -0.15) is 0 Å². The van der Waals surface area contributed by atoms with Crippen molar-refractivity contribution in [2.75, 3.05) is 7.11 Å². The third kappa shape index (κ3) is 4.65. The summed E-state index contributed by atoms with van der Waals surface area (Å²) in [4.78, 5) is 12.3. The number of carbonyl (C=O) groups excluding carboxylic acids is 1. The molecule has 0 saturated heterocycles. The molecule has 23 heavy (non-hydrogen) atoms. The molecular formula is C19H22O4. The lowest BCUT2D eigenvalue weighted by Crippen LogP contribution is -2.34. The van der Waals surface area contributed by atoms with E-state index in [4.69, 9.17) is 4.74 Å². The van der Waals surface area contributed by atoms with E-state index >= 15 is 0 Å². The Bertz CT molecular complexity index is 624. The molecule has 2 atom stereocenters. The Labute approximate surface area is 136 Å². The Balaban J connectivity index is 1.91. The highest BCUT2D eigenvalue weighted by molar-refractivity contribution is 6.02. The summed E-state index contributed by atoms with van der Waals surface area (Å²) in [5.74, 6) is -0.123. The number of hydrogen-bond acceptors (Lipinski definition) is 4. The zero-order chi connectivity index (χ0) is 16.7. The molecule has 2 rings (SSSR count). The Hall–Kier alpha value is -2.17. The van der Waals surface area contributed by atoms with Crippen LogP contribution in [0.3, 0.4) is 0 Å². The van der Waals surface area contributed by atoms with Crippen LogP contribution in [0, 0.1) is 0 Å². The fraction of sp³-hybridized carbons (Fsp3) is 0.316. The van der Waals surface area contributed by atoms with Crippen molar-refractivity contribution >= 4 is 5.78 Å². The maximum Gasteiger partial charge on any atom is 0.197 e. The summed E-state index contributed by atoms with van der Waals surface area (Å²) in [6.07, 6.45) is -0.676. The average molecular weight is 314 g/mol. The zero-order valence-electron chi connectivity index (χ0n) is 13.2. The minimum atomic E-state index is -1.44. The van der Waals surface area contributed by atoms with Gasteiger partial charge in [0.15, 0.2) is 5.78 Å². The summed E-state index contributed by atoms with van der Waals surface area (Å²) >= 11 is 0. The minimum absolute atomic E-state index is 0.282. The van der Waals surface area contributed by atoms with Gasteiger partial charge >= 0.3 is 0 Å². The summed E-state index contributed by atoms with van der Waals surface area (Å²) < 4.78 is 5.12. The summed E-state index contributed by atoms with van der Waals surface area (Å²) in [6, 6.07) is 16.6. The van der Waals surface area contributed by atoms with Crippen molar-refractivity contribution in [2.24, 2.45) is 0 Å². The Morgan fingerprint density at radius 3 is 2.39 bits per heavy atom. The van der Waals surface area contributed by atoms with Crippen LogP contribution in [-0.2, 0) is 6.42 Å². The van der Waals surface area contributed by atoms with Crippen molar-refractivity contribution in [2.45, 2.75) is 31.5 Å². The normalized spacial score (nSPS) is 13.3. The maximum atomic E-state index is 12.3. The van der Waals surface area contributed by atoms with E-state index in [-0.39, 0.29) is 5.56 Å². The molecule has 0 saturated carbocycles. The van der Waals surface area contributed by atoms with E-state index in [1.54, 1.807) is 24.3 Å². The third-order valence-electron chi connectivity index (χ3n) is 3.81. The molecule has 0 spiro atoms. The topological polar surface area (TPSA) is 66.8 Å². The number of aliphatic hydroxyl groups excluding tert-OH is 2. The van der Waals surface area contributed by atoms with Gasteiger partial charge in [-0.15, -0.1) is 0 Å². The quantitative estimate of drug-likeness (QED) is 0.735. The molecule has 0 heterocycles. The van der Waals surface area contributed by atoms with E-state index in [9.17, 15) is 15.0 Å². The van der Waals surface area contributed by atoms with Crippen molar-refractivity contribution in [3.63, 3.8) is 0 Å². The first-order valence-electron chi connectivity index (χ1n) is 7.70. The molecule has 2 aromatic carbocycles. The number of rotatable bonds is 8. The number of methoxy groups -OCH3 is 1. The van der Waals surface area contributed by atoms with Gasteiger partial charge in [-0.3, -0.25) is 4.79 Å². The molecule has 2 N–H and O–H groups in total. The number of para-hydroxylation sites is 1. The van der Waals surface area contributed by atoms with Crippen molar-refractivity contribution in [3.05, 3.63) is 65.7 Å². The minimum Gasteiger partial charge on any atom is -0.496 e. The molecule has 0 amide bonds. The maximum absolute atomic E-state index is 12.3. The molecule has 4 heteroatoms. The fourth-order valence-electron chi connectivity index (χ4n) is 2.50. The smallest absolute Gasteiger partial charge is 0.197 e. The van der Waals surface area contributed by atoms with Crippen molar-refractivity contribution in [1.29, 1.82) is 0 Å². The number of aryl methyl sites for hydroxylation is 1. The summed E-state index contributed by atoms with van der Waals surface area (Å²) in [7, 11) is 1.47. The largest absolute Gasteiger partial charge is 0.496 e. The van der Waals surface area contributed by atoms with Gasteiger partial charge in [0.1, 0.15) is 11.9 Å². The summed E-state index contributed by atoms with van der Waals surface area (Å²) in [5.41, 5.74) is 1.45. The van der Waals surface area contributed by atoms with Crippen molar-refractivity contribution in [1.82, 2.24) is 0 Å². The van der Waals surface area contributed by atoms with Gasteiger partial charge in [0.25, 0.3) is 0 Å². The Morgan fingerprint density at radius 2 is 1.70 bits per heavy atom. The van der Waals surface area contributed by atoms with Gasteiger partial charge in [-0.1, -0.05) is 42.5 Å². The highest BCUT2D eigenvalue weighted by Crippen LogP contribution is 2.21. The standard InChI is InChI=1S/C19H22O4/c1-23-17-13-6-5-11-15(17)18(21)19(22)16(20)12-7-10-14-8-3-2-4-9-14/h2-6,8-9,11,13,16,19-20,22H,7,10,12H2,1H3/t16-,19+/m0/s1. The van der Waals surface area contributed by atoms with Gasteiger partial charge in [0, 0.05) is 0 Å². The van der Waals surface area contributed by atoms with Crippen LogP contribution < -0.4 is 4.74 Å². The number of ether oxygens (including phenoxy) is 1. The Kier molecular flexibility index (Phi) is 6.32. The van der Waals surface area contributed by atoms with Gasteiger partial charge in [0.2, 0.25) is 0 Å². The van der Waals surface area contributed by atoms with Crippen molar-refractivity contribution in [3.8, 4) is 5.75 Å². The summed E-state index contributed by atoms with van der Waals surface area (Å²) in [5, 5.41) is 20.2. The SMILES string of the molecule is COc1ccccc1C(=O)[C@H](O)[C@@H](O)CCCc1ccccc1. The number of Topliss-reactive ketones (excluding diaryl/α,β-unsaturated/α-hetero) is 1. The van der Waals surface area contributed by atoms with E-state index in [2.05, 4.69) is 0 Å². The summed E-state index contributed by atoms with van der Waals surface area (Å²) in [6.45, 7) is 0. The number of aliphatic hydroxyl groups is 2. The zero-order valence-corrected chi connectivity index (χ0v) is 13.2. The lowest BCUT2D eigenvalue weighted by atomic mass is 9.97. The highest BCUT2D eigenvalue weighted by atomic mass is 16.5. The first kappa shape index (κ1) is 17.2. The Morgan fingerprint density at radius 1 is 1.04 bits per heavy atom. The van der Waals surface area contributed by atoms with E-state index in [1.165, 1.54) is 12.7 Å². The first-order valence-corrected chi connectivity index (χ1v) is 7.70. The number of carbonyl (C=O) groups is 1. The molecule has 0 aliphatic carbocycles. The van der Waals surface area contributed by atoms with Crippen LogP contribution in [0.2, 0.25) is 0 Å². The molecule has 0 fully saturated rings. The predicted molar refractivity (Wildman–Crippen MR) is 88.7 cm³/mol. The molecule has 0 bridgehead atoms. The third-order valence-corrected chi connectivity index (χ3v) is 3.81. The first-order chi connectivity index (χ1) is 11.1.